The number of methoxy groups -OCH3 is 1. The molecule has 0 amide bonds. The normalized spacial score (nSPS) is 23.8. The first-order valence-electron chi connectivity index (χ1n) is 7.06. The molecule has 0 aliphatic heterocycles. The fourth-order valence-corrected chi connectivity index (χ4v) is 2.74. The van der Waals surface area contributed by atoms with Crippen LogP contribution in [0.25, 0.3) is 0 Å². The van der Waals surface area contributed by atoms with E-state index in [0.29, 0.717) is 12.1 Å². The number of aryl methyl sites for hydroxylation is 1. The Morgan fingerprint density at radius 2 is 2.22 bits per heavy atom. The van der Waals surface area contributed by atoms with Gasteiger partial charge in [0.1, 0.15) is 5.75 Å². The molecular weight excluding hydrogens is 222 g/mol. The first-order chi connectivity index (χ1) is 8.65. The maximum atomic E-state index is 5.46. The lowest BCUT2D eigenvalue weighted by molar-refractivity contribution is 0.400. The van der Waals surface area contributed by atoms with Crippen molar-refractivity contribution in [1.29, 1.82) is 0 Å². The van der Waals surface area contributed by atoms with Crippen LogP contribution >= 0.6 is 0 Å². The summed E-state index contributed by atoms with van der Waals surface area (Å²) in [6.07, 6.45) is 3.99. The third-order valence-electron chi connectivity index (χ3n) is 3.90. The number of hydrogen-bond acceptors (Lipinski definition) is 2. The molecule has 0 radical (unpaired) electrons. The van der Waals surface area contributed by atoms with Gasteiger partial charge in [-0.25, -0.2) is 0 Å². The highest BCUT2D eigenvalue weighted by atomic mass is 16.5. The average Bonchev–Trinajstić information content (AvgIpc) is 3.07. The van der Waals surface area contributed by atoms with Crippen LogP contribution in [0, 0.1) is 12.8 Å². The molecule has 1 fully saturated rings. The Morgan fingerprint density at radius 3 is 2.89 bits per heavy atom. The van der Waals surface area contributed by atoms with Crippen molar-refractivity contribution < 1.29 is 4.74 Å². The number of nitrogens with one attached hydrogen (secondary N) is 1. The third kappa shape index (κ3) is 3.05. The molecule has 100 valence electrons. The molecule has 3 atom stereocenters. The number of hydrogen-bond donors (Lipinski definition) is 1. The fourth-order valence-electron chi connectivity index (χ4n) is 2.74. The second kappa shape index (κ2) is 5.75. The van der Waals surface area contributed by atoms with E-state index in [1.807, 2.05) is 0 Å². The molecule has 0 spiro atoms. The Kier molecular flexibility index (Phi) is 4.28. The quantitative estimate of drug-likeness (QED) is 0.824. The second-order valence-corrected chi connectivity index (χ2v) is 5.52. The Labute approximate surface area is 111 Å². The summed E-state index contributed by atoms with van der Waals surface area (Å²) >= 11 is 0. The molecule has 0 aromatic heterocycles. The summed E-state index contributed by atoms with van der Waals surface area (Å²) in [5.74, 6) is 1.89. The van der Waals surface area contributed by atoms with Gasteiger partial charge in [-0.3, -0.25) is 0 Å². The summed E-state index contributed by atoms with van der Waals surface area (Å²) in [4.78, 5) is 0. The van der Waals surface area contributed by atoms with Gasteiger partial charge in [-0.15, -0.1) is 0 Å². The molecule has 1 aliphatic carbocycles. The van der Waals surface area contributed by atoms with Gasteiger partial charge in [-0.1, -0.05) is 31.0 Å². The minimum absolute atomic E-state index is 0.367. The summed E-state index contributed by atoms with van der Waals surface area (Å²) in [6.45, 7) is 6.63. The molecule has 0 heterocycles. The van der Waals surface area contributed by atoms with Gasteiger partial charge in [0.15, 0.2) is 0 Å². The average molecular weight is 247 g/mol. The first-order valence-corrected chi connectivity index (χ1v) is 7.06. The topological polar surface area (TPSA) is 21.3 Å². The molecule has 2 nitrogen and oxygen atoms in total. The van der Waals surface area contributed by atoms with E-state index >= 15 is 0 Å². The molecule has 1 aromatic rings. The minimum atomic E-state index is 0.367. The van der Waals surface area contributed by atoms with Crippen molar-refractivity contribution in [3.05, 3.63) is 29.3 Å². The van der Waals surface area contributed by atoms with Crippen molar-refractivity contribution in [3.63, 3.8) is 0 Å². The van der Waals surface area contributed by atoms with Crippen LogP contribution in [0.1, 0.15) is 50.3 Å². The van der Waals surface area contributed by atoms with Crippen molar-refractivity contribution in [2.45, 2.75) is 52.1 Å². The fraction of sp³-hybridized carbons (Fsp3) is 0.625. The lowest BCUT2D eigenvalue weighted by atomic mass is 10.0. The second-order valence-electron chi connectivity index (χ2n) is 5.52. The van der Waals surface area contributed by atoms with Gasteiger partial charge in [0.05, 0.1) is 7.11 Å². The van der Waals surface area contributed by atoms with E-state index in [0.717, 1.165) is 11.7 Å². The standard InChI is InChI=1S/C16H25NO/c1-5-6-13-10-15(13)17-12(3)14-9-11(2)7-8-16(14)18-4/h7-9,12-13,15,17H,5-6,10H2,1-4H3. The summed E-state index contributed by atoms with van der Waals surface area (Å²) in [5, 5.41) is 3.73. The zero-order valence-corrected chi connectivity index (χ0v) is 12.0. The molecule has 18 heavy (non-hydrogen) atoms. The first kappa shape index (κ1) is 13.4. The Balaban J connectivity index is 2.00. The Bertz CT molecular complexity index is 402. The van der Waals surface area contributed by atoms with Gasteiger partial charge < -0.3 is 10.1 Å². The molecule has 3 unspecified atom stereocenters. The highest BCUT2D eigenvalue weighted by molar-refractivity contribution is 5.39. The molecule has 1 aliphatic rings. The van der Waals surface area contributed by atoms with Crippen LogP contribution in [0.4, 0.5) is 0 Å². The molecular formula is C16H25NO. The number of ether oxygens (including phenoxy) is 1. The predicted octanol–water partition coefficient (Wildman–Crippen LogP) is 3.84. The van der Waals surface area contributed by atoms with Gasteiger partial charge in [-0.05, 0) is 38.7 Å². The zero-order chi connectivity index (χ0) is 13.1. The molecule has 1 N–H and O–H groups in total. The predicted molar refractivity (Wildman–Crippen MR) is 76.1 cm³/mol. The number of rotatable bonds is 6. The highest BCUT2D eigenvalue weighted by Crippen LogP contribution is 2.37. The Hall–Kier alpha value is -1.02. The molecule has 2 heteroatoms. The van der Waals surface area contributed by atoms with E-state index in [1.165, 1.54) is 30.4 Å². The van der Waals surface area contributed by atoms with E-state index in [9.17, 15) is 0 Å². The summed E-state index contributed by atoms with van der Waals surface area (Å²) in [5.41, 5.74) is 2.57. The van der Waals surface area contributed by atoms with Crippen LogP contribution in [-0.2, 0) is 0 Å². The van der Waals surface area contributed by atoms with E-state index in [4.69, 9.17) is 4.74 Å². The van der Waals surface area contributed by atoms with Crippen molar-refractivity contribution in [1.82, 2.24) is 5.32 Å². The highest BCUT2D eigenvalue weighted by Gasteiger charge is 2.36. The minimum Gasteiger partial charge on any atom is -0.496 e. The van der Waals surface area contributed by atoms with Gasteiger partial charge in [0.2, 0.25) is 0 Å². The number of benzene rings is 1. The van der Waals surface area contributed by atoms with Crippen LogP contribution in [-0.4, -0.2) is 13.2 Å². The van der Waals surface area contributed by atoms with E-state index in [-0.39, 0.29) is 0 Å². The molecule has 0 saturated heterocycles. The van der Waals surface area contributed by atoms with Crippen LogP contribution in [0.2, 0.25) is 0 Å². The third-order valence-corrected chi connectivity index (χ3v) is 3.90. The maximum absolute atomic E-state index is 5.46. The Morgan fingerprint density at radius 1 is 1.44 bits per heavy atom. The van der Waals surface area contributed by atoms with Gasteiger partial charge in [0, 0.05) is 17.6 Å². The van der Waals surface area contributed by atoms with Crippen LogP contribution in [0.3, 0.4) is 0 Å². The molecule has 1 aromatic carbocycles. The maximum Gasteiger partial charge on any atom is 0.123 e. The van der Waals surface area contributed by atoms with Crippen molar-refractivity contribution in [2.75, 3.05) is 7.11 Å². The van der Waals surface area contributed by atoms with Gasteiger partial charge in [0.25, 0.3) is 0 Å². The molecule has 0 bridgehead atoms. The van der Waals surface area contributed by atoms with E-state index in [1.54, 1.807) is 7.11 Å². The van der Waals surface area contributed by atoms with Crippen molar-refractivity contribution in [3.8, 4) is 5.75 Å². The van der Waals surface area contributed by atoms with Crippen molar-refractivity contribution >= 4 is 0 Å². The lowest BCUT2D eigenvalue weighted by Crippen LogP contribution is -2.23. The summed E-state index contributed by atoms with van der Waals surface area (Å²) in [6, 6.07) is 7.48. The van der Waals surface area contributed by atoms with Crippen LogP contribution in [0.15, 0.2) is 18.2 Å². The van der Waals surface area contributed by atoms with Gasteiger partial charge >= 0.3 is 0 Å². The van der Waals surface area contributed by atoms with Gasteiger partial charge in [-0.2, -0.15) is 0 Å². The summed E-state index contributed by atoms with van der Waals surface area (Å²) in [7, 11) is 1.75. The summed E-state index contributed by atoms with van der Waals surface area (Å²) < 4.78 is 5.46. The van der Waals surface area contributed by atoms with Crippen LogP contribution < -0.4 is 10.1 Å². The van der Waals surface area contributed by atoms with E-state index in [2.05, 4.69) is 44.3 Å². The lowest BCUT2D eigenvalue weighted by Gasteiger charge is -2.18. The largest absolute Gasteiger partial charge is 0.496 e. The SMILES string of the molecule is CCCC1CC1NC(C)c1cc(C)ccc1OC. The monoisotopic (exact) mass is 247 g/mol. The molecule has 1 saturated carbocycles. The van der Waals surface area contributed by atoms with Crippen LogP contribution in [0.5, 0.6) is 5.75 Å². The zero-order valence-electron chi connectivity index (χ0n) is 12.0. The molecule has 2 rings (SSSR count). The smallest absolute Gasteiger partial charge is 0.123 e. The van der Waals surface area contributed by atoms with E-state index < -0.39 is 0 Å². The van der Waals surface area contributed by atoms with Crippen molar-refractivity contribution in [2.24, 2.45) is 5.92 Å².